The third-order valence-corrected chi connectivity index (χ3v) is 5.50. The van der Waals surface area contributed by atoms with Crippen LogP contribution in [0.3, 0.4) is 0 Å². The molecule has 1 aliphatic heterocycles. The SMILES string of the molecule is COc1ccc(OC)c(CCNC(=O)NC2CCS(=O)(=O)C2)c1. The fraction of sp³-hybridized carbons (Fsp3) is 0.533. The fourth-order valence-corrected chi connectivity index (χ4v) is 4.21. The highest BCUT2D eigenvalue weighted by Gasteiger charge is 2.28. The summed E-state index contributed by atoms with van der Waals surface area (Å²) >= 11 is 0. The lowest BCUT2D eigenvalue weighted by atomic mass is 10.1. The van der Waals surface area contributed by atoms with Crippen LogP contribution < -0.4 is 20.1 Å². The minimum Gasteiger partial charge on any atom is -0.497 e. The second kappa shape index (κ2) is 7.54. The average molecular weight is 342 g/mol. The Labute approximate surface area is 136 Å². The third kappa shape index (κ3) is 5.02. The molecule has 0 radical (unpaired) electrons. The molecule has 1 atom stereocenters. The number of benzene rings is 1. The summed E-state index contributed by atoms with van der Waals surface area (Å²) in [6.45, 7) is 0.412. The number of sulfone groups is 1. The fourth-order valence-electron chi connectivity index (χ4n) is 2.53. The number of rotatable bonds is 6. The summed E-state index contributed by atoms with van der Waals surface area (Å²) < 4.78 is 33.2. The van der Waals surface area contributed by atoms with Gasteiger partial charge in [0.1, 0.15) is 11.5 Å². The van der Waals surface area contributed by atoms with E-state index in [-0.39, 0.29) is 23.6 Å². The lowest BCUT2D eigenvalue weighted by Crippen LogP contribution is -2.43. The summed E-state index contributed by atoms with van der Waals surface area (Å²) in [7, 11) is 0.185. The molecule has 2 rings (SSSR count). The van der Waals surface area contributed by atoms with Crippen LogP contribution in [0.1, 0.15) is 12.0 Å². The van der Waals surface area contributed by atoms with E-state index in [4.69, 9.17) is 9.47 Å². The van der Waals surface area contributed by atoms with Crippen molar-refractivity contribution in [2.24, 2.45) is 0 Å². The van der Waals surface area contributed by atoms with Crippen LogP contribution in [0.15, 0.2) is 18.2 Å². The second-order valence-corrected chi connectivity index (χ2v) is 7.66. The minimum absolute atomic E-state index is 0.0180. The minimum atomic E-state index is -2.99. The molecule has 0 spiro atoms. The van der Waals surface area contributed by atoms with Crippen molar-refractivity contribution >= 4 is 15.9 Å². The Morgan fingerprint density at radius 2 is 2.09 bits per heavy atom. The van der Waals surface area contributed by atoms with Gasteiger partial charge in [-0.2, -0.15) is 0 Å². The summed E-state index contributed by atoms with van der Waals surface area (Å²) in [5.74, 6) is 1.61. The number of amides is 2. The van der Waals surface area contributed by atoms with Crippen molar-refractivity contribution in [2.45, 2.75) is 18.9 Å². The number of carbonyl (C=O) groups excluding carboxylic acids is 1. The molecule has 128 valence electrons. The van der Waals surface area contributed by atoms with Crippen LogP contribution in [0.5, 0.6) is 11.5 Å². The van der Waals surface area contributed by atoms with Gasteiger partial charge in [-0.3, -0.25) is 0 Å². The molecule has 1 fully saturated rings. The lowest BCUT2D eigenvalue weighted by Gasteiger charge is -2.13. The smallest absolute Gasteiger partial charge is 0.315 e. The maximum atomic E-state index is 11.8. The highest BCUT2D eigenvalue weighted by molar-refractivity contribution is 7.91. The first-order valence-electron chi connectivity index (χ1n) is 7.39. The Hall–Kier alpha value is -1.96. The van der Waals surface area contributed by atoms with Gasteiger partial charge in [-0.15, -0.1) is 0 Å². The molecule has 2 N–H and O–H groups in total. The number of urea groups is 1. The molecule has 1 aromatic carbocycles. The Bertz CT molecular complexity index is 660. The molecule has 1 aliphatic rings. The first-order chi connectivity index (χ1) is 10.9. The summed E-state index contributed by atoms with van der Waals surface area (Å²) in [6.07, 6.45) is 1.05. The maximum Gasteiger partial charge on any atom is 0.315 e. The average Bonchev–Trinajstić information content (AvgIpc) is 2.85. The second-order valence-electron chi connectivity index (χ2n) is 5.43. The summed E-state index contributed by atoms with van der Waals surface area (Å²) in [5.41, 5.74) is 0.926. The molecular weight excluding hydrogens is 320 g/mol. The molecule has 8 heteroatoms. The molecule has 2 amide bonds. The van der Waals surface area contributed by atoms with Crippen molar-refractivity contribution in [1.29, 1.82) is 0 Å². The van der Waals surface area contributed by atoms with Crippen LogP contribution in [0.2, 0.25) is 0 Å². The highest BCUT2D eigenvalue weighted by Crippen LogP contribution is 2.24. The van der Waals surface area contributed by atoms with Gasteiger partial charge in [-0.05, 0) is 36.6 Å². The molecule has 0 saturated carbocycles. The number of hydrogen-bond acceptors (Lipinski definition) is 5. The van der Waals surface area contributed by atoms with Crippen LogP contribution in [0, 0.1) is 0 Å². The molecule has 1 aromatic rings. The zero-order valence-corrected chi connectivity index (χ0v) is 14.1. The summed E-state index contributed by atoms with van der Waals surface area (Å²) in [6, 6.07) is 4.84. The van der Waals surface area contributed by atoms with Crippen molar-refractivity contribution in [1.82, 2.24) is 10.6 Å². The number of hydrogen-bond donors (Lipinski definition) is 2. The van der Waals surface area contributed by atoms with E-state index in [2.05, 4.69) is 10.6 Å². The van der Waals surface area contributed by atoms with Gasteiger partial charge >= 0.3 is 6.03 Å². The molecule has 1 saturated heterocycles. The van der Waals surface area contributed by atoms with E-state index in [9.17, 15) is 13.2 Å². The zero-order chi connectivity index (χ0) is 16.9. The van der Waals surface area contributed by atoms with Crippen LogP contribution in [-0.4, -0.2) is 52.8 Å². The van der Waals surface area contributed by atoms with E-state index in [0.29, 0.717) is 19.4 Å². The van der Waals surface area contributed by atoms with E-state index in [0.717, 1.165) is 17.1 Å². The Morgan fingerprint density at radius 1 is 1.30 bits per heavy atom. The molecule has 0 aliphatic carbocycles. The molecule has 0 aromatic heterocycles. The third-order valence-electron chi connectivity index (χ3n) is 3.74. The Kier molecular flexibility index (Phi) is 5.70. The quantitative estimate of drug-likeness (QED) is 0.795. The molecular formula is C15H22N2O5S. The van der Waals surface area contributed by atoms with E-state index in [1.54, 1.807) is 14.2 Å². The van der Waals surface area contributed by atoms with Crippen LogP contribution in [-0.2, 0) is 16.3 Å². The lowest BCUT2D eigenvalue weighted by molar-refractivity contribution is 0.238. The van der Waals surface area contributed by atoms with Crippen LogP contribution >= 0.6 is 0 Å². The topological polar surface area (TPSA) is 93.7 Å². The number of ether oxygens (including phenoxy) is 2. The van der Waals surface area contributed by atoms with E-state index < -0.39 is 9.84 Å². The molecule has 7 nitrogen and oxygen atoms in total. The van der Waals surface area contributed by atoms with Gasteiger partial charge in [-0.1, -0.05) is 0 Å². The van der Waals surface area contributed by atoms with Crippen molar-refractivity contribution in [3.05, 3.63) is 23.8 Å². The van der Waals surface area contributed by atoms with Crippen molar-refractivity contribution in [3.8, 4) is 11.5 Å². The number of methoxy groups -OCH3 is 2. The summed E-state index contributed by atoms with van der Waals surface area (Å²) in [5, 5.41) is 5.42. The van der Waals surface area contributed by atoms with Gasteiger partial charge in [0.25, 0.3) is 0 Å². The van der Waals surface area contributed by atoms with E-state index in [1.165, 1.54) is 0 Å². The van der Waals surface area contributed by atoms with Gasteiger partial charge in [0.05, 0.1) is 25.7 Å². The molecule has 0 bridgehead atoms. The summed E-state index contributed by atoms with van der Waals surface area (Å²) in [4.78, 5) is 11.8. The Balaban J connectivity index is 1.81. The van der Waals surface area contributed by atoms with Crippen molar-refractivity contribution < 1.29 is 22.7 Å². The number of carbonyl (C=O) groups is 1. The first kappa shape index (κ1) is 17.4. The molecule has 1 heterocycles. The Morgan fingerprint density at radius 3 is 2.70 bits per heavy atom. The molecule has 1 unspecified atom stereocenters. The molecule has 23 heavy (non-hydrogen) atoms. The maximum absolute atomic E-state index is 11.8. The van der Waals surface area contributed by atoms with E-state index in [1.807, 2.05) is 18.2 Å². The largest absolute Gasteiger partial charge is 0.497 e. The predicted molar refractivity (Wildman–Crippen MR) is 86.8 cm³/mol. The zero-order valence-electron chi connectivity index (χ0n) is 13.3. The van der Waals surface area contributed by atoms with Crippen molar-refractivity contribution in [3.63, 3.8) is 0 Å². The van der Waals surface area contributed by atoms with Gasteiger partial charge in [0.2, 0.25) is 0 Å². The first-order valence-corrected chi connectivity index (χ1v) is 9.21. The normalized spacial score (nSPS) is 19.1. The van der Waals surface area contributed by atoms with E-state index >= 15 is 0 Å². The van der Waals surface area contributed by atoms with Gasteiger partial charge in [0, 0.05) is 12.6 Å². The van der Waals surface area contributed by atoms with Crippen LogP contribution in [0.4, 0.5) is 4.79 Å². The van der Waals surface area contributed by atoms with Crippen LogP contribution in [0.25, 0.3) is 0 Å². The standard InChI is InChI=1S/C15H22N2O5S/c1-21-13-3-4-14(22-2)11(9-13)5-7-16-15(18)17-12-6-8-23(19,20)10-12/h3-4,9,12H,5-8,10H2,1-2H3,(H2,16,17,18). The van der Waals surface area contributed by atoms with Gasteiger partial charge in [-0.25, -0.2) is 13.2 Å². The van der Waals surface area contributed by atoms with Gasteiger partial charge in [0.15, 0.2) is 9.84 Å². The predicted octanol–water partition coefficient (Wildman–Crippen LogP) is 0.733. The highest BCUT2D eigenvalue weighted by atomic mass is 32.2. The number of nitrogens with one attached hydrogen (secondary N) is 2. The van der Waals surface area contributed by atoms with Gasteiger partial charge < -0.3 is 20.1 Å². The monoisotopic (exact) mass is 342 g/mol. The van der Waals surface area contributed by atoms with Crippen molar-refractivity contribution in [2.75, 3.05) is 32.3 Å².